The molecule has 1 aromatic rings. The second-order valence-corrected chi connectivity index (χ2v) is 12.8. The molecule has 6 amide bonds. The molecule has 0 saturated carbocycles. The number of imide groups is 1. The molecule has 13 nitrogen and oxygen atoms in total. The number of benzene rings is 1. The summed E-state index contributed by atoms with van der Waals surface area (Å²) in [5.74, 6) is -2.73. The SMILES string of the molecule is CC1(C)S[C@H]2C(NC(=O)C(NC(=O)N3CCN(S(C)(=O)=O)C3=O)c3ccccc3)C(=O)N2C1C(=O)[O-].[Na+]. The number of hydrogen-bond acceptors (Lipinski definition) is 9. The third-order valence-corrected chi connectivity index (χ3v) is 8.95. The van der Waals surface area contributed by atoms with Gasteiger partial charge in [-0.3, -0.25) is 9.59 Å². The molecule has 0 aliphatic carbocycles. The van der Waals surface area contributed by atoms with E-state index < -0.39 is 68.1 Å². The number of thioether (sulfide) groups is 1. The molecule has 3 heterocycles. The third-order valence-electron chi connectivity index (χ3n) is 6.24. The van der Waals surface area contributed by atoms with Crippen LogP contribution in [0.15, 0.2) is 30.3 Å². The van der Waals surface area contributed by atoms with Crippen molar-refractivity contribution < 1.29 is 67.1 Å². The molecule has 3 saturated heterocycles. The Balaban J connectivity index is 0.00000380. The predicted octanol–water partition coefficient (Wildman–Crippen LogP) is -4.56. The third kappa shape index (κ3) is 5.32. The zero-order chi connectivity index (χ0) is 26.6. The molecule has 3 unspecified atom stereocenters. The van der Waals surface area contributed by atoms with Crippen molar-refractivity contribution in [2.75, 3.05) is 19.3 Å². The van der Waals surface area contributed by atoms with E-state index in [-0.39, 0.29) is 42.6 Å². The Bertz CT molecular complexity index is 1240. The maximum Gasteiger partial charge on any atom is 1.00 e. The van der Waals surface area contributed by atoms with Gasteiger partial charge in [-0.15, -0.1) is 11.8 Å². The molecule has 194 valence electrons. The van der Waals surface area contributed by atoms with Gasteiger partial charge in [0.2, 0.25) is 21.8 Å². The normalized spacial score (nSPS) is 25.1. The van der Waals surface area contributed by atoms with Crippen LogP contribution in [0.1, 0.15) is 25.5 Å². The minimum Gasteiger partial charge on any atom is -0.548 e. The molecule has 37 heavy (non-hydrogen) atoms. The van der Waals surface area contributed by atoms with Crippen LogP contribution < -0.4 is 45.3 Å². The number of carbonyl (C=O) groups is 5. The molecule has 1 aromatic carbocycles. The first-order chi connectivity index (χ1) is 16.7. The summed E-state index contributed by atoms with van der Waals surface area (Å²) >= 11 is 1.22. The molecule has 4 atom stereocenters. The molecular formula is C21H24N5NaO8S2. The molecule has 3 aliphatic rings. The number of nitrogens with zero attached hydrogens (tertiary/aromatic N) is 3. The molecule has 0 radical (unpaired) electrons. The van der Waals surface area contributed by atoms with Gasteiger partial charge in [0.15, 0.2) is 0 Å². The Morgan fingerprint density at radius 2 is 1.76 bits per heavy atom. The van der Waals surface area contributed by atoms with Crippen molar-refractivity contribution in [3.8, 4) is 0 Å². The summed E-state index contributed by atoms with van der Waals surface area (Å²) in [4.78, 5) is 64.8. The number of aliphatic carboxylic acids is 1. The fourth-order valence-corrected chi connectivity index (χ4v) is 6.94. The number of β-lactam (4-membered cyclic amide) rings is 1. The zero-order valence-corrected chi connectivity index (χ0v) is 24.2. The van der Waals surface area contributed by atoms with E-state index in [0.717, 1.165) is 6.26 Å². The van der Waals surface area contributed by atoms with E-state index in [9.17, 15) is 37.5 Å². The van der Waals surface area contributed by atoms with Gasteiger partial charge in [0.05, 0.1) is 31.4 Å². The van der Waals surface area contributed by atoms with E-state index in [0.29, 0.717) is 14.8 Å². The number of carboxylic acids is 1. The first-order valence-electron chi connectivity index (χ1n) is 10.9. The number of rotatable bonds is 6. The second kappa shape index (κ2) is 10.4. The van der Waals surface area contributed by atoms with Crippen molar-refractivity contribution in [2.45, 2.75) is 42.1 Å². The van der Waals surface area contributed by atoms with Crippen molar-refractivity contribution in [3.05, 3.63) is 35.9 Å². The predicted molar refractivity (Wildman–Crippen MR) is 124 cm³/mol. The Morgan fingerprint density at radius 3 is 2.30 bits per heavy atom. The van der Waals surface area contributed by atoms with Crippen LogP contribution in [-0.4, -0.2) is 93.9 Å². The van der Waals surface area contributed by atoms with Crippen LogP contribution in [0.4, 0.5) is 9.59 Å². The van der Waals surface area contributed by atoms with Gasteiger partial charge < -0.3 is 25.4 Å². The van der Waals surface area contributed by atoms with E-state index in [2.05, 4.69) is 10.6 Å². The van der Waals surface area contributed by atoms with Gasteiger partial charge in [-0.1, -0.05) is 30.3 Å². The van der Waals surface area contributed by atoms with Crippen LogP contribution in [0, 0.1) is 0 Å². The maximum absolute atomic E-state index is 13.3. The molecule has 4 rings (SSSR count). The summed E-state index contributed by atoms with van der Waals surface area (Å²) in [5.41, 5.74) is 0.352. The molecule has 0 bridgehead atoms. The van der Waals surface area contributed by atoms with Crippen LogP contribution in [0.2, 0.25) is 0 Å². The quantitative estimate of drug-likeness (QED) is 0.256. The van der Waals surface area contributed by atoms with Crippen LogP contribution in [-0.2, 0) is 24.4 Å². The Morgan fingerprint density at radius 1 is 1.14 bits per heavy atom. The van der Waals surface area contributed by atoms with Crippen molar-refractivity contribution >= 4 is 51.6 Å². The molecule has 3 fully saturated rings. The van der Waals surface area contributed by atoms with E-state index in [1.165, 1.54) is 16.7 Å². The van der Waals surface area contributed by atoms with Crippen molar-refractivity contribution in [1.29, 1.82) is 0 Å². The smallest absolute Gasteiger partial charge is 0.548 e. The monoisotopic (exact) mass is 561 g/mol. The van der Waals surface area contributed by atoms with E-state index in [1.807, 2.05) is 0 Å². The average Bonchev–Trinajstić information content (AvgIpc) is 3.31. The molecule has 0 aromatic heterocycles. The number of amides is 6. The first-order valence-corrected chi connectivity index (χ1v) is 13.6. The number of carboxylic acid groups (broad SMARTS) is 1. The zero-order valence-electron chi connectivity index (χ0n) is 20.5. The average molecular weight is 562 g/mol. The number of sulfonamides is 1. The second-order valence-electron chi connectivity index (χ2n) is 9.13. The van der Waals surface area contributed by atoms with E-state index in [1.54, 1.807) is 44.2 Å². The minimum absolute atomic E-state index is 0. The number of hydrogen-bond donors (Lipinski definition) is 2. The topological polar surface area (TPSA) is 176 Å². The van der Waals surface area contributed by atoms with Crippen LogP contribution in [0.25, 0.3) is 0 Å². The van der Waals surface area contributed by atoms with Gasteiger partial charge in [0.25, 0.3) is 0 Å². The molecule has 0 spiro atoms. The van der Waals surface area contributed by atoms with Crippen molar-refractivity contribution in [3.63, 3.8) is 0 Å². The number of nitrogens with one attached hydrogen (secondary N) is 2. The van der Waals surface area contributed by atoms with Crippen molar-refractivity contribution in [1.82, 2.24) is 24.7 Å². The summed E-state index contributed by atoms with van der Waals surface area (Å²) in [7, 11) is -3.87. The molecular weight excluding hydrogens is 537 g/mol. The van der Waals surface area contributed by atoms with Gasteiger partial charge in [0, 0.05) is 4.75 Å². The van der Waals surface area contributed by atoms with Crippen LogP contribution in [0.3, 0.4) is 0 Å². The molecule has 16 heteroatoms. The Labute approximate surface area is 239 Å². The van der Waals surface area contributed by atoms with E-state index >= 15 is 0 Å². The van der Waals surface area contributed by atoms with Gasteiger partial charge in [0.1, 0.15) is 17.5 Å². The summed E-state index contributed by atoms with van der Waals surface area (Å²) in [6.07, 6.45) is 0.846. The minimum atomic E-state index is -3.87. The summed E-state index contributed by atoms with van der Waals surface area (Å²) < 4.78 is 23.2. The number of urea groups is 2. The van der Waals surface area contributed by atoms with Gasteiger partial charge in [-0.2, -0.15) is 0 Å². The summed E-state index contributed by atoms with van der Waals surface area (Å²) in [5, 5.41) is 16.0. The summed E-state index contributed by atoms with van der Waals surface area (Å²) in [6, 6.07) is 2.56. The van der Waals surface area contributed by atoms with Crippen LogP contribution >= 0.6 is 11.8 Å². The van der Waals surface area contributed by atoms with Gasteiger partial charge in [-0.25, -0.2) is 27.2 Å². The van der Waals surface area contributed by atoms with Gasteiger partial charge in [-0.05, 0) is 19.4 Å². The number of fused-ring (bicyclic) bond motifs is 1. The maximum atomic E-state index is 13.3. The molecule has 3 aliphatic heterocycles. The number of carbonyl (C=O) groups excluding carboxylic acids is 5. The molecule has 2 N–H and O–H groups in total. The van der Waals surface area contributed by atoms with E-state index in [4.69, 9.17) is 0 Å². The van der Waals surface area contributed by atoms with Gasteiger partial charge >= 0.3 is 41.6 Å². The van der Waals surface area contributed by atoms with Crippen LogP contribution in [0.5, 0.6) is 0 Å². The summed E-state index contributed by atoms with van der Waals surface area (Å²) in [6.45, 7) is 2.92. The fraction of sp³-hybridized carbons (Fsp3) is 0.476. The Hall–Kier alpha value is -2.33. The standard InChI is InChI=1S/C21H25N5O8S2.Na/c1-21(2)14(18(29)30)26-16(28)13(17(26)35-21)22-15(27)12(11-7-5-4-6-8-11)23-19(31)24-9-10-25(20(24)32)36(3,33)34;/h4-8,12-14,17H,9-10H2,1-3H3,(H,22,27)(H,23,31)(H,29,30);/q;+1/p-1/t12?,13?,14?,17-;/m0./s1. The van der Waals surface area contributed by atoms with Crippen molar-refractivity contribution in [2.24, 2.45) is 0 Å². The Kier molecular flexibility index (Phi) is 8.25. The first kappa shape index (κ1) is 29.2. The fourth-order valence-electron chi connectivity index (χ4n) is 4.52. The largest absolute Gasteiger partial charge is 1.00 e.